The number of rotatable bonds is 11. The van der Waals surface area contributed by atoms with Crippen LogP contribution in [-0.2, 0) is 22.4 Å². The van der Waals surface area contributed by atoms with Gasteiger partial charge < -0.3 is 13.7 Å². The van der Waals surface area contributed by atoms with E-state index in [4.69, 9.17) is 9.16 Å². The largest absolute Gasteiger partial charge is 0.417 e. The van der Waals surface area contributed by atoms with Crippen LogP contribution in [-0.4, -0.2) is 48.9 Å². The fourth-order valence-electron chi connectivity index (χ4n) is 3.47. The lowest BCUT2D eigenvalue weighted by atomic mass is 10.1. The maximum absolute atomic E-state index is 6.39. The number of hydrogen-bond acceptors (Lipinski definition) is 4. The zero-order valence-electron chi connectivity index (χ0n) is 22.1. The van der Waals surface area contributed by atoms with Gasteiger partial charge in [0.25, 0.3) is 0 Å². The van der Waals surface area contributed by atoms with Crippen LogP contribution in [0, 0.1) is 0 Å². The molecule has 3 aromatic heterocycles. The van der Waals surface area contributed by atoms with E-state index in [1.165, 1.54) is 5.39 Å². The van der Waals surface area contributed by atoms with Crippen molar-refractivity contribution in [1.82, 2.24) is 19.3 Å². The van der Waals surface area contributed by atoms with Gasteiger partial charge in [0.1, 0.15) is 11.3 Å². The van der Waals surface area contributed by atoms with Crippen molar-refractivity contribution in [3.8, 4) is 11.1 Å². The third-order valence-electron chi connectivity index (χ3n) is 6.71. The summed E-state index contributed by atoms with van der Waals surface area (Å²) in [5.41, 5.74) is 3.38. The number of pyridine rings is 1. The van der Waals surface area contributed by atoms with Crippen molar-refractivity contribution in [2.45, 2.75) is 84.3 Å². The standard InChI is InChI=1S/C25H41BrN4O2Si2/c1-25(2,3)34(7,8)32-11-9-10-29-18-22(21-14-24(26)27-16-23(21)29)20-15-28-30(17-20)19-31-12-13-33(4,5)6/h14-18H,9-13,19H2,1-8H3. The molecule has 0 atom stereocenters. The number of aryl methyl sites for hydroxylation is 1. The second kappa shape index (κ2) is 10.8. The highest BCUT2D eigenvalue weighted by Gasteiger charge is 2.36. The minimum absolute atomic E-state index is 0.231. The number of aromatic nitrogens is 4. The molecule has 0 spiro atoms. The lowest BCUT2D eigenvalue weighted by Gasteiger charge is -2.36. The van der Waals surface area contributed by atoms with Gasteiger partial charge in [-0.1, -0.05) is 40.4 Å². The van der Waals surface area contributed by atoms with E-state index in [-0.39, 0.29) is 5.04 Å². The summed E-state index contributed by atoms with van der Waals surface area (Å²) in [6.07, 6.45) is 9.13. The van der Waals surface area contributed by atoms with Crippen LogP contribution in [0.15, 0.2) is 35.5 Å². The third-order valence-corrected chi connectivity index (χ3v) is 13.4. The maximum Gasteiger partial charge on any atom is 0.191 e. The quantitative estimate of drug-likeness (QED) is 0.138. The molecular weight excluding hydrogens is 524 g/mol. The predicted molar refractivity (Wildman–Crippen MR) is 151 cm³/mol. The van der Waals surface area contributed by atoms with E-state index >= 15 is 0 Å². The van der Waals surface area contributed by atoms with E-state index in [0.717, 1.165) is 53.5 Å². The van der Waals surface area contributed by atoms with E-state index in [1.54, 1.807) is 0 Å². The van der Waals surface area contributed by atoms with Gasteiger partial charge in [0, 0.05) is 56.7 Å². The van der Waals surface area contributed by atoms with Crippen LogP contribution in [0.4, 0.5) is 0 Å². The Morgan fingerprint density at radius 1 is 1.03 bits per heavy atom. The van der Waals surface area contributed by atoms with Crippen molar-refractivity contribution in [3.63, 3.8) is 0 Å². The molecule has 0 N–H and O–H groups in total. The van der Waals surface area contributed by atoms with Crippen molar-refractivity contribution in [2.24, 2.45) is 0 Å². The average molecular weight is 566 g/mol. The van der Waals surface area contributed by atoms with Crippen LogP contribution in [0.3, 0.4) is 0 Å². The molecular formula is C25H41BrN4O2Si2. The van der Waals surface area contributed by atoms with E-state index in [1.807, 2.05) is 17.1 Å². The predicted octanol–water partition coefficient (Wildman–Crippen LogP) is 7.39. The summed E-state index contributed by atoms with van der Waals surface area (Å²) >= 11 is 3.54. The van der Waals surface area contributed by atoms with Crippen LogP contribution in [0.1, 0.15) is 27.2 Å². The van der Waals surface area contributed by atoms with Crippen LogP contribution >= 0.6 is 15.9 Å². The summed E-state index contributed by atoms with van der Waals surface area (Å²) in [5.74, 6) is 0. The van der Waals surface area contributed by atoms with Crippen molar-refractivity contribution >= 4 is 43.2 Å². The number of ether oxygens (including phenoxy) is 1. The lowest BCUT2D eigenvalue weighted by Crippen LogP contribution is -2.41. The van der Waals surface area contributed by atoms with Gasteiger partial charge in [-0.05, 0) is 52.6 Å². The lowest BCUT2D eigenvalue weighted by molar-refractivity contribution is 0.0786. The van der Waals surface area contributed by atoms with Gasteiger partial charge in [-0.2, -0.15) is 5.10 Å². The van der Waals surface area contributed by atoms with Crippen LogP contribution in [0.2, 0.25) is 43.8 Å². The summed E-state index contributed by atoms with van der Waals surface area (Å²) in [4.78, 5) is 4.48. The molecule has 0 bridgehead atoms. The number of halogens is 1. The molecule has 0 aliphatic heterocycles. The first-order valence-corrected chi connectivity index (χ1v) is 19.6. The highest BCUT2D eigenvalue weighted by atomic mass is 79.9. The van der Waals surface area contributed by atoms with Crippen molar-refractivity contribution in [1.29, 1.82) is 0 Å². The van der Waals surface area contributed by atoms with Crippen LogP contribution in [0.25, 0.3) is 22.0 Å². The molecule has 0 saturated carbocycles. The monoisotopic (exact) mass is 564 g/mol. The fourth-order valence-corrected chi connectivity index (χ4v) is 5.64. The van der Waals surface area contributed by atoms with E-state index in [0.29, 0.717) is 6.73 Å². The number of hydrogen-bond donors (Lipinski definition) is 0. The molecule has 3 aromatic rings. The zero-order chi connectivity index (χ0) is 25.1. The van der Waals surface area contributed by atoms with E-state index in [9.17, 15) is 0 Å². The van der Waals surface area contributed by atoms with E-state index in [2.05, 4.69) is 103 Å². The summed E-state index contributed by atoms with van der Waals surface area (Å²) in [6, 6.07) is 3.25. The molecule has 0 fully saturated rings. The molecule has 0 radical (unpaired) electrons. The Morgan fingerprint density at radius 2 is 1.76 bits per heavy atom. The van der Waals surface area contributed by atoms with Gasteiger partial charge in [0.15, 0.2) is 8.32 Å². The molecule has 0 aliphatic rings. The molecule has 0 amide bonds. The van der Waals surface area contributed by atoms with Crippen molar-refractivity contribution < 1.29 is 9.16 Å². The first-order valence-electron chi connectivity index (χ1n) is 12.2. The summed E-state index contributed by atoms with van der Waals surface area (Å²) in [7, 11) is -2.81. The Bertz CT molecular complexity index is 1100. The first kappa shape index (κ1) is 27.3. The highest BCUT2D eigenvalue weighted by Crippen LogP contribution is 2.37. The maximum atomic E-state index is 6.39. The molecule has 188 valence electrons. The molecule has 9 heteroatoms. The van der Waals surface area contributed by atoms with Gasteiger partial charge in [0.05, 0.1) is 17.9 Å². The zero-order valence-corrected chi connectivity index (χ0v) is 25.7. The van der Waals surface area contributed by atoms with Gasteiger partial charge in [0.2, 0.25) is 0 Å². The topological polar surface area (TPSA) is 54.1 Å². The Labute approximate surface area is 215 Å². The van der Waals surface area contributed by atoms with E-state index < -0.39 is 16.4 Å². The highest BCUT2D eigenvalue weighted by molar-refractivity contribution is 9.10. The van der Waals surface area contributed by atoms with Crippen LogP contribution < -0.4 is 0 Å². The fraction of sp³-hybridized carbons (Fsp3) is 0.600. The minimum atomic E-state index is -1.72. The normalized spacial score (nSPS) is 13.2. The number of fused-ring (bicyclic) bond motifs is 1. The third kappa shape index (κ3) is 7.13. The Hall–Kier alpha value is -1.27. The molecule has 6 nitrogen and oxygen atoms in total. The Morgan fingerprint density at radius 3 is 2.44 bits per heavy atom. The SMILES string of the molecule is CC(C)(C)[Si](C)(C)OCCCn1cc(-c2cnn(COCC[Si](C)(C)C)c2)c2cc(Br)ncc21. The molecule has 0 aromatic carbocycles. The van der Waals surface area contributed by atoms with Crippen molar-refractivity contribution in [2.75, 3.05) is 13.2 Å². The van der Waals surface area contributed by atoms with Gasteiger partial charge >= 0.3 is 0 Å². The number of nitrogens with zero attached hydrogens (tertiary/aromatic N) is 4. The molecule has 0 unspecified atom stereocenters. The molecule has 0 aliphatic carbocycles. The summed E-state index contributed by atoms with van der Waals surface area (Å²) in [5, 5.41) is 5.95. The summed E-state index contributed by atoms with van der Waals surface area (Å²) in [6.45, 7) is 21.5. The van der Waals surface area contributed by atoms with Crippen LogP contribution in [0.5, 0.6) is 0 Å². The Kier molecular flexibility index (Phi) is 8.66. The molecule has 0 saturated heterocycles. The molecule has 3 rings (SSSR count). The first-order chi connectivity index (χ1) is 15.8. The summed E-state index contributed by atoms with van der Waals surface area (Å²) < 4.78 is 17.3. The second-order valence-corrected chi connectivity index (χ2v) is 23.1. The van der Waals surface area contributed by atoms with Gasteiger partial charge in [-0.3, -0.25) is 0 Å². The molecule has 34 heavy (non-hydrogen) atoms. The minimum Gasteiger partial charge on any atom is -0.417 e. The van der Waals surface area contributed by atoms with Gasteiger partial charge in [-0.25, -0.2) is 9.67 Å². The smallest absolute Gasteiger partial charge is 0.191 e. The van der Waals surface area contributed by atoms with Crippen molar-refractivity contribution in [3.05, 3.63) is 35.5 Å². The van der Waals surface area contributed by atoms with Gasteiger partial charge in [-0.15, -0.1) is 0 Å². The average Bonchev–Trinajstić information content (AvgIpc) is 3.31. The molecule has 3 heterocycles. The second-order valence-electron chi connectivity index (χ2n) is 11.8. The Balaban J connectivity index is 1.71.